The monoisotopic (exact) mass is 335 g/mol. The van der Waals surface area contributed by atoms with Crippen LogP contribution in [0.25, 0.3) is 0 Å². The Kier molecular flexibility index (Phi) is 5.32. The minimum atomic E-state index is -4.44. The molecule has 1 unspecified atom stereocenters. The lowest BCUT2D eigenvalue weighted by molar-refractivity contribution is -0.137. The minimum Gasteiger partial charge on any atom is -0.322 e. The van der Waals surface area contributed by atoms with Crippen LogP contribution in [0.15, 0.2) is 42.5 Å². The zero-order valence-corrected chi connectivity index (χ0v) is 13.9. The van der Waals surface area contributed by atoms with Gasteiger partial charge in [-0.25, -0.2) is 0 Å². The zero-order valence-electron chi connectivity index (χ0n) is 13.9. The Morgan fingerprint density at radius 2 is 1.88 bits per heavy atom. The van der Waals surface area contributed by atoms with Gasteiger partial charge < -0.3 is 5.32 Å². The predicted octanol–water partition coefficient (Wildman–Crippen LogP) is 5.78. The van der Waals surface area contributed by atoms with Crippen molar-refractivity contribution in [3.8, 4) is 0 Å². The summed E-state index contributed by atoms with van der Waals surface area (Å²) < 4.78 is 38.2. The SMILES string of the molecule is CCC(C)c1ccc(C(=O)Nc2cccc(C(F)(F)F)c2)cc1C. The number of nitrogens with one attached hydrogen (secondary N) is 1. The van der Waals surface area contributed by atoms with E-state index in [1.54, 1.807) is 12.1 Å². The van der Waals surface area contributed by atoms with Gasteiger partial charge in [0.15, 0.2) is 0 Å². The smallest absolute Gasteiger partial charge is 0.322 e. The number of rotatable bonds is 4. The highest BCUT2D eigenvalue weighted by atomic mass is 19.4. The number of hydrogen-bond donors (Lipinski definition) is 1. The second kappa shape index (κ2) is 7.07. The first-order valence-corrected chi connectivity index (χ1v) is 7.81. The molecule has 2 nitrogen and oxygen atoms in total. The van der Waals surface area contributed by atoms with Crippen molar-refractivity contribution in [1.82, 2.24) is 0 Å². The van der Waals surface area contributed by atoms with Gasteiger partial charge in [0.05, 0.1) is 5.56 Å². The molecule has 2 aromatic carbocycles. The first kappa shape index (κ1) is 18.0. The van der Waals surface area contributed by atoms with Crippen molar-refractivity contribution in [3.05, 3.63) is 64.7 Å². The van der Waals surface area contributed by atoms with Gasteiger partial charge in [-0.05, 0) is 60.7 Å². The van der Waals surface area contributed by atoms with E-state index in [1.807, 2.05) is 13.0 Å². The summed E-state index contributed by atoms with van der Waals surface area (Å²) in [6.45, 7) is 6.14. The summed E-state index contributed by atoms with van der Waals surface area (Å²) in [7, 11) is 0. The fraction of sp³-hybridized carbons (Fsp3) is 0.316. The molecule has 24 heavy (non-hydrogen) atoms. The van der Waals surface area contributed by atoms with Crippen molar-refractivity contribution >= 4 is 11.6 Å². The van der Waals surface area contributed by atoms with Gasteiger partial charge in [0.1, 0.15) is 0 Å². The van der Waals surface area contributed by atoms with Crippen LogP contribution in [0.2, 0.25) is 0 Å². The lowest BCUT2D eigenvalue weighted by atomic mass is 9.93. The molecule has 0 spiro atoms. The number of anilines is 1. The normalized spacial score (nSPS) is 12.8. The van der Waals surface area contributed by atoms with Crippen molar-refractivity contribution in [3.63, 3.8) is 0 Å². The van der Waals surface area contributed by atoms with E-state index >= 15 is 0 Å². The lowest BCUT2D eigenvalue weighted by Gasteiger charge is -2.14. The first-order valence-electron chi connectivity index (χ1n) is 7.81. The topological polar surface area (TPSA) is 29.1 Å². The second-order valence-corrected chi connectivity index (χ2v) is 5.91. The van der Waals surface area contributed by atoms with Gasteiger partial charge >= 0.3 is 6.18 Å². The number of aryl methyl sites for hydroxylation is 1. The highest BCUT2D eigenvalue weighted by Gasteiger charge is 2.30. The molecule has 1 N–H and O–H groups in total. The quantitative estimate of drug-likeness (QED) is 0.754. The molecule has 1 amide bonds. The number of benzene rings is 2. The van der Waals surface area contributed by atoms with E-state index in [0.717, 1.165) is 24.1 Å². The molecular weight excluding hydrogens is 315 g/mol. The molecule has 128 valence electrons. The molecule has 0 heterocycles. The van der Waals surface area contributed by atoms with Crippen LogP contribution in [0.1, 0.15) is 53.2 Å². The average molecular weight is 335 g/mol. The number of alkyl halides is 3. The third kappa shape index (κ3) is 4.16. The van der Waals surface area contributed by atoms with Gasteiger partial charge in [-0.2, -0.15) is 13.2 Å². The van der Waals surface area contributed by atoms with Crippen LogP contribution < -0.4 is 5.32 Å². The van der Waals surface area contributed by atoms with E-state index in [4.69, 9.17) is 0 Å². The van der Waals surface area contributed by atoms with Gasteiger partial charge in [-0.15, -0.1) is 0 Å². The Balaban J connectivity index is 2.20. The van der Waals surface area contributed by atoms with Gasteiger partial charge in [0.25, 0.3) is 5.91 Å². The van der Waals surface area contributed by atoms with Gasteiger partial charge in [-0.1, -0.05) is 26.0 Å². The summed E-state index contributed by atoms with van der Waals surface area (Å²) >= 11 is 0. The van der Waals surface area contributed by atoms with Gasteiger partial charge in [0, 0.05) is 11.3 Å². The Bertz CT molecular complexity index is 738. The average Bonchev–Trinajstić information content (AvgIpc) is 2.53. The van der Waals surface area contributed by atoms with Crippen molar-refractivity contribution in [2.45, 2.75) is 39.3 Å². The number of amides is 1. The Hall–Kier alpha value is -2.30. The maximum absolute atomic E-state index is 12.7. The molecule has 0 aliphatic carbocycles. The molecule has 0 bridgehead atoms. The lowest BCUT2D eigenvalue weighted by Crippen LogP contribution is -2.13. The van der Waals surface area contributed by atoms with Crippen LogP contribution in [0.4, 0.5) is 18.9 Å². The van der Waals surface area contributed by atoms with E-state index in [0.29, 0.717) is 11.5 Å². The van der Waals surface area contributed by atoms with E-state index in [9.17, 15) is 18.0 Å². The summed E-state index contributed by atoms with van der Waals surface area (Å²) in [4.78, 5) is 12.3. The highest BCUT2D eigenvalue weighted by Crippen LogP contribution is 2.31. The summed E-state index contributed by atoms with van der Waals surface area (Å²) in [5.41, 5.74) is 1.94. The molecule has 2 aromatic rings. The van der Waals surface area contributed by atoms with E-state index in [2.05, 4.69) is 19.2 Å². The highest BCUT2D eigenvalue weighted by molar-refractivity contribution is 6.04. The van der Waals surface area contributed by atoms with Crippen molar-refractivity contribution in [2.75, 3.05) is 5.32 Å². The molecule has 2 rings (SSSR count). The minimum absolute atomic E-state index is 0.124. The summed E-state index contributed by atoms with van der Waals surface area (Å²) in [5.74, 6) is -0.0290. The molecule has 0 saturated heterocycles. The molecule has 1 atom stereocenters. The third-order valence-corrected chi connectivity index (χ3v) is 4.12. The third-order valence-electron chi connectivity index (χ3n) is 4.12. The van der Waals surface area contributed by atoms with E-state index in [1.165, 1.54) is 17.7 Å². The Labute approximate surface area is 139 Å². The molecule has 5 heteroatoms. The van der Waals surface area contributed by atoms with E-state index < -0.39 is 17.6 Å². The fourth-order valence-electron chi connectivity index (χ4n) is 2.57. The summed E-state index contributed by atoms with van der Waals surface area (Å²) in [6, 6.07) is 9.99. The Morgan fingerprint density at radius 3 is 2.46 bits per heavy atom. The fourth-order valence-corrected chi connectivity index (χ4v) is 2.57. The van der Waals surface area contributed by atoms with Crippen LogP contribution in [-0.4, -0.2) is 5.91 Å². The standard InChI is InChI=1S/C19H20F3NO/c1-4-12(2)17-9-8-14(10-13(17)3)18(24)23-16-7-5-6-15(11-16)19(20,21)22/h5-12H,4H2,1-3H3,(H,23,24). The van der Waals surface area contributed by atoms with Crippen LogP contribution in [0.3, 0.4) is 0 Å². The van der Waals surface area contributed by atoms with Crippen LogP contribution in [0.5, 0.6) is 0 Å². The number of halogens is 3. The molecule has 0 aliphatic heterocycles. The maximum atomic E-state index is 12.7. The van der Waals surface area contributed by atoms with Crippen LogP contribution >= 0.6 is 0 Å². The van der Waals surface area contributed by atoms with Crippen molar-refractivity contribution in [1.29, 1.82) is 0 Å². The number of carbonyl (C=O) groups is 1. The van der Waals surface area contributed by atoms with E-state index in [-0.39, 0.29) is 5.69 Å². The number of carbonyl (C=O) groups excluding carboxylic acids is 1. The Morgan fingerprint density at radius 1 is 1.17 bits per heavy atom. The second-order valence-electron chi connectivity index (χ2n) is 5.91. The van der Waals surface area contributed by atoms with Gasteiger partial charge in [0.2, 0.25) is 0 Å². The summed E-state index contributed by atoms with van der Waals surface area (Å²) in [6.07, 6.45) is -3.44. The summed E-state index contributed by atoms with van der Waals surface area (Å²) in [5, 5.41) is 2.52. The first-order chi connectivity index (χ1) is 11.2. The number of hydrogen-bond acceptors (Lipinski definition) is 1. The van der Waals surface area contributed by atoms with Crippen molar-refractivity contribution in [2.24, 2.45) is 0 Å². The molecule has 0 fully saturated rings. The molecule has 0 aliphatic rings. The largest absolute Gasteiger partial charge is 0.416 e. The molecular formula is C19H20F3NO. The maximum Gasteiger partial charge on any atom is 0.416 e. The van der Waals surface area contributed by atoms with Gasteiger partial charge in [-0.3, -0.25) is 4.79 Å². The van der Waals surface area contributed by atoms with Crippen molar-refractivity contribution < 1.29 is 18.0 Å². The molecule has 0 aromatic heterocycles. The predicted molar refractivity (Wildman–Crippen MR) is 89.3 cm³/mol. The molecule has 0 saturated carbocycles. The van der Waals surface area contributed by atoms with Crippen LogP contribution in [-0.2, 0) is 6.18 Å². The zero-order chi connectivity index (χ0) is 17.9. The molecule has 0 radical (unpaired) electrons. The van der Waals surface area contributed by atoms with Crippen LogP contribution in [0, 0.1) is 6.92 Å².